The van der Waals surface area contributed by atoms with Crippen molar-refractivity contribution in [2.75, 3.05) is 0 Å². The lowest BCUT2D eigenvalue weighted by molar-refractivity contribution is -0.132. The van der Waals surface area contributed by atoms with E-state index >= 15 is 0 Å². The van der Waals surface area contributed by atoms with Gasteiger partial charge in [0.1, 0.15) is 0 Å². The molecule has 0 aliphatic rings. The van der Waals surface area contributed by atoms with Gasteiger partial charge in [0.25, 0.3) is 0 Å². The van der Waals surface area contributed by atoms with Crippen LogP contribution in [0.2, 0.25) is 0 Å². The molecule has 2 heteroatoms. The van der Waals surface area contributed by atoms with Crippen molar-refractivity contribution in [3.8, 4) is 0 Å². The van der Waals surface area contributed by atoms with Crippen LogP contribution < -0.4 is 0 Å². The van der Waals surface area contributed by atoms with Crippen LogP contribution in [0.5, 0.6) is 0 Å². The number of aliphatic carboxylic acids is 1. The van der Waals surface area contributed by atoms with Gasteiger partial charge in [-0.1, -0.05) is 32.8 Å². The molecule has 0 amide bonds. The molecule has 0 heterocycles. The summed E-state index contributed by atoms with van der Waals surface area (Å²) in [7, 11) is 0. The lowest BCUT2D eigenvalue weighted by Gasteiger charge is -2.04. The molecule has 70 valence electrons. The SMILES string of the molecule is CCCC[C@H](C)/C=C(\C)C(=O)O. The van der Waals surface area contributed by atoms with E-state index in [1.165, 1.54) is 12.8 Å². The summed E-state index contributed by atoms with van der Waals surface area (Å²) in [5.41, 5.74) is 0.457. The maximum Gasteiger partial charge on any atom is 0.330 e. The van der Waals surface area contributed by atoms with Crippen molar-refractivity contribution in [1.82, 2.24) is 0 Å². The Kier molecular flexibility index (Phi) is 5.43. The highest BCUT2D eigenvalue weighted by atomic mass is 16.4. The van der Waals surface area contributed by atoms with Crippen molar-refractivity contribution in [2.45, 2.75) is 40.0 Å². The number of allylic oxidation sites excluding steroid dienone is 1. The van der Waals surface area contributed by atoms with E-state index in [1.54, 1.807) is 6.92 Å². The highest BCUT2D eigenvalue weighted by Crippen LogP contribution is 2.11. The minimum atomic E-state index is -0.807. The van der Waals surface area contributed by atoms with Crippen molar-refractivity contribution in [3.05, 3.63) is 11.6 Å². The van der Waals surface area contributed by atoms with E-state index in [0.717, 1.165) is 6.42 Å². The molecule has 1 N–H and O–H groups in total. The largest absolute Gasteiger partial charge is 0.478 e. The number of hydrogen-bond acceptors (Lipinski definition) is 1. The Labute approximate surface area is 74.3 Å². The van der Waals surface area contributed by atoms with Gasteiger partial charge in [-0.15, -0.1) is 0 Å². The summed E-state index contributed by atoms with van der Waals surface area (Å²) >= 11 is 0. The van der Waals surface area contributed by atoms with E-state index in [4.69, 9.17) is 5.11 Å². The number of carboxylic acid groups (broad SMARTS) is 1. The fourth-order valence-electron chi connectivity index (χ4n) is 1.11. The zero-order chi connectivity index (χ0) is 9.56. The zero-order valence-corrected chi connectivity index (χ0v) is 8.13. The van der Waals surface area contributed by atoms with Crippen LogP contribution in [-0.2, 0) is 4.79 Å². The number of carboxylic acids is 1. The molecule has 0 aliphatic heterocycles. The van der Waals surface area contributed by atoms with Crippen LogP contribution in [0, 0.1) is 5.92 Å². The average molecular weight is 170 g/mol. The molecule has 0 fully saturated rings. The second-order valence-corrected chi connectivity index (χ2v) is 3.27. The van der Waals surface area contributed by atoms with E-state index in [2.05, 4.69) is 13.8 Å². The van der Waals surface area contributed by atoms with E-state index in [-0.39, 0.29) is 0 Å². The van der Waals surface area contributed by atoms with E-state index < -0.39 is 5.97 Å². The fraction of sp³-hybridized carbons (Fsp3) is 0.700. The van der Waals surface area contributed by atoms with Gasteiger partial charge < -0.3 is 5.11 Å². The zero-order valence-electron chi connectivity index (χ0n) is 8.13. The standard InChI is InChI=1S/C10H18O2/c1-4-5-6-8(2)7-9(3)10(11)12/h7-8H,4-6H2,1-3H3,(H,11,12)/b9-7+/t8-/m0/s1. The fourth-order valence-corrected chi connectivity index (χ4v) is 1.11. The van der Waals surface area contributed by atoms with E-state index in [1.807, 2.05) is 6.08 Å². The molecule has 0 aromatic heterocycles. The summed E-state index contributed by atoms with van der Waals surface area (Å²) in [6.45, 7) is 5.84. The molecule has 0 rings (SSSR count). The first-order valence-corrected chi connectivity index (χ1v) is 4.49. The molecule has 0 aliphatic carbocycles. The van der Waals surface area contributed by atoms with E-state index in [9.17, 15) is 4.79 Å². The van der Waals surface area contributed by atoms with Crippen LogP contribution in [0.15, 0.2) is 11.6 Å². The maximum absolute atomic E-state index is 10.4. The van der Waals surface area contributed by atoms with Gasteiger partial charge in [-0.2, -0.15) is 0 Å². The predicted octanol–water partition coefficient (Wildman–Crippen LogP) is 2.84. The number of rotatable bonds is 5. The molecule has 0 aromatic rings. The molecular formula is C10H18O2. The van der Waals surface area contributed by atoms with Gasteiger partial charge in [-0.25, -0.2) is 4.79 Å². The van der Waals surface area contributed by atoms with Crippen LogP contribution in [0.3, 0.4) is 0 Å². The third-order valence-electron chi connectivity index (χ3n) is 1.88. The lowest BCUT2D eigenvalue weighted by Crippen LogP contribution is -1.99. The van der Waals surface area contributed by atoms with Crippen LogP contribution >= 0.6 is 0 Å². The highest BCUT2D eigenvalue weighted by Gasteiger charge is 2.02. The Morgan fingerprint density at radius 1 is 1.58 bits per heavy atom. The molecule has 0 saturated carbocycles. The molecule has 0 saturated heterocycles. The number of unbranched alkanes of at least 4 members (excludes halogenated alkanes) is 1. The van der Waals surface area contributed by atoms with Crippen molar-refractivity contribution in [2.24, 2.45) is 5.92 Å². The highest BCUT2D eigenvalue weighted by molar-refractivity contribution is 5.85. The molecule has 0 aromatic carbocycles. The summed E-state index contributed by atoms with van der Waals surface area (Å²) in [6.07, 6.45) is 5.26. The normalized spacial score (nSPS) is 14.4. The van der Waals surface area contributed by atoms with Crippen LogP contribution in [0.25, 0.3) is 0 Å². The van der Waals surface area contributed by atoms with Gasteiger partial charge in [0.2, 0.25) is 0 Å². The maximum atomic E-state index is 10.4. The van der Waals surface area contributed by atoms with Crippen LogP contribution in [0.4, 0.5) is 0 Å². The third kappa shape index (κ3) is 4.94. The van der Waals surface area contributed by atoms with Crippen molar-refractivity contribution < 1.29 is 9.90 Å². The van der Waals surface area contributed by atoms with Crippen molar-refractivity contribution in [3.63, 3.8) is 0 Å². The number of carbonyl (C=O) groups is 1. The summed E-state index contributed by atoms with van der Waals surface area (Å²) in [5, 5.41) is 8.59. The molecule has 0 spiro atoms. The topological polar surface area (TPSA) is 37.3 Å². The van der Waals surface area contributed by atoms with E-state index in [0.29, 0.717) is 11.5 Å². The Bertz CT molecular complexity index is 171. The Morgan fingerprint density at radius 2 is 2.17 bits per heavy atom. The second-order valence-electron chi connectivity index (χ2n) is 3.27. The molecule has 0 bridgehead atoms. The molecule has 0 unspecified atom stereocenters. The molecule has 2 nitrogen and oxygen atoms in total. The van der Waals surface area contributed by atoms with Crippen molar-refractivity contribution in [1.29, 1.82) is 0 Å². The van der Waals surface area contributed by atoms with Gasteiger partial charge in [-0.05, 0) is 19.3 Å². The summed E-state index contributed by atoms with van der Waals surface area (Å²) in [4.78, 5) is 10.4. The second kappa shape index (κ2) is 5.81. The van der Waals surface area contributed by atoms with Gasteiger partial charge >= 0.3 is 5.97 Å². The molecule has 0 radical (unpaired) electrons. The first-order chi connectivity index (χ1) is 5.57. The summed E-state index contributed by atoms with van der Waals surface area (Å²) in [6, 6.07) is 0. The molecule has 1 atom stereocenters. The molecular weight excluding hydrogens is 152 g/mol. The summed E-state index contributed by atoms with van der Waals surface area (Å²) < 4.78 is 0. The van der Waals surface area contributed by atoms with Crippen molar-refractivity contribution >= 4 is 5.97 Å². The minimum absolute atomic E-state index is 0.390. The average Bonchev–Trinajstić information content (AvgIpc) is 2.00. The Hall–Kier alpha value is -0.790. The Balaban J connectivity index is 3.87. The molecule has 12 heavy (non-hydrogen) atoms. The Morgan fingerprint density at radius 3 is 2.58 bits per heavy atom. The van der Waals surface area contributed by atoms with Gasteiger partial charge in [0.05, 0.1) is 0 Å². The predicted molar refractivity (Wildman–Crippen MR) is 50.1 cm³/mol. The third-order valence-corrected chi connectivity index (χ3v) is 1.88. The van der Waals surface area contributed by atoms with Crippen LogP contribution in [0.1, 0.15) is 40.0 Å². The smallest absolute Gasteiger partial charge is 0.330 e. The summed E-state index contributed by atoms with van der Waals surface area (Å²) in [5.74, 6) is -0.417. The first kappa shape index (κ1) is 11.2. The van der Waals surface area contributed by atoms with Crippen LogP contribution in [-0.4, -0.2) is 11.1 Å². The van der Waals surface area contributed by atoms with Gasteiger partial charge in [0, 0.05) is 5.57 Å². The van der Waals surface area contributed by atoms with Gasteiger partial charge in [-0.3, -0.25) is 0 Å². The first-order valence-electron chi connectivity index (χ1n) is 4.49. The van der Waals surface area contributed by atoms with Gasteiger partial charge in [0.15, 0.2) is 0 Å². The lowest BCUT2D eigenvalue weighted by atomic mass is 10.0. The minimum Gasteiger partial charge on any atom is -0.478 e. The quantitative estimate of drug-likeness (QED) is 0.644. The monoisotopic (exact) mass is 170 g/mol. The number of hydrogen-bond donors (Lipinski definition) is 1.